The summed E-state index contributed by atoms with van der Waals surface area (Å²) in [5.74, 6) is -0.847. The van der Waals surface area contributed by atoms with Crippen molar-refractivity contribution in [2.75, 3.05) is 6.61 Å². The smallest absolute Gasteiger partial charge is 0.320 e. The van der Waals surface area contributed by atoms with Crippen molar-refractivity contribution in [3.05, 3.63) is 0 Å². The van der Waals surface area contributed by atoms with Crippen LogP contribution in [0, 0.1) is 0 Å². The van der Waals surface area contributed by atoms with Crippen LogP contribution in [-0.4, -0.2) is 34.4 Å². The molecule has 3 N–H and O–H groups in total. The van der Waals surface area contributed by atoms with Gasteiger partial charge in [0.15, 0.2) is 0 Å². The summed E-state index contributed by atoms with van der Waals surface area (Å²) >= 11 is 0. The van der Waals surface area contributed by atoms with Gasteiger partial charge in [-0.15, -0.1) is 0 Å². The van der Waals surface area contributed by atoms with Gasteiger partial charge in [0.25, 0.3) is 0 Å². The molecule has 2 atom stereocenters. The van der Waals surface area contributed by atoms with Gasteiger partial charge in [-0.2, -0.15) is 0 Å². The molecule has 0 bridgehead atoms. The van der Waals surface area contributed by atoms with Crippen molar-refractivity contribution < 1.29 is 15.0 Å². The molecule has 0 amide bonds. The topological polar surface area (TPSA) is 69.6 Å². The molecule has 0 aliphatic carbocycles. The zero-order valence-electron chi connectivity index (χ0n) is 9.21. The minimum Gasteiger partial charge on any atom is -0.480 e. The van der Waals surface area contributed by atoms with Crippen LogP contribution in [-0.2, 0) is 4.79 Å². The zero-order valence-corrected chi connectivity index (χ0v) is 9.21. The molecule has 2 unspecified atom stereocenters. The van der Waals surface area contributed by atoms with E-state index in [1.807, 2.05) is 20.8 Å². The first-order valence-electron chi connectivity index (χ1n) is 5.10. The van der Waals surface area contributed by atoms with Gasteiger partial charge in [-0.05, 0) is 19.8 Å². The monoisotopic (exact) mass is 203 g/mol. The second kappa shape index (κ2) is 5.98. The van der Waals surface area contributed by atoms with Gasteiger partial charge in [0, 0.05) is 5.54 Å². The van der Waals surface area contributed by atoms with E-state index in [4.69, 9.17) is 10.2 Å². The quantitative estimate of drug-likeness (QED) is 0.577. The molecule has 0 aliphatic heterocycles. The van der Waals surface area contributed by atoms with Crippen molar-refractivity contribution in [2.45, 2.75) is 51.6 Å². The minimum absolute atomic E-state index is 0.0446. The molecule has 4 nitrogen and oxygen atoms in total. The SMILES string of the molecule is CCCC(NC(C)(CC)CO)C(=O)O. The highest BCUT2D eigenvalue weighted by atomic mass is 16.4. The van der Waals surface area contributed by atoms with Gasteiger partial charge in [0.2, 0.25) is 0 Å². The fraction of sp³-hybridized carbons (Fsp3) is 0.900. The van der Waals surface area contributed by atoms with Crippen molar-refractivity contribution >= 4 is 5.97 Å². The molecule has 0 aromatic rings. The van der Waals surface area contributed by atoms with Gasteiger partial charge >= 0.3 is 5.97 Å². The summed E-state index contributed by atoms with van der Waals surface area (Å²) in [6, 6.07) is -0.558. The maximum atomic E-state index is 10.9. The number of aliphatic hydroxyl groups excluding tert-OH is 1. The third kappa shape index (κ3) is 4.07. The Labute approximate surface area is 85.3 Å². The lowest BCUT2D eigenvalue weighted by Gasteiger charge is -2.30. The summed E-state index contributed by atoms with van der Waals surface area (Å²) in [6.07, 6.45) is 2.11. The molecule has 0 aromatic carbocycles. The summed E-state index contributed by atoms with van der Waals surface area (Å²) in [6.45, 7) is 5.66. The Hall–Kier alpha value is -0.610. The van der Waals surface area contributed by atoms with Crippen LogP contribution in [0.4, 0.5) is 0 Å². The minimum atomic E-state index is -0.847. The zero-order chi connectivity index (χ0) is 11.2. The summed E-state index contributed by atoms with van der Waals surface area (Å²) in [5.41, 5.74) is -0.488. The number of carboxylic acids is 1. The van der Waals surface area contributed by atoms with Crippen LogP contribution in [0.2, 0.25) is 0 Å². The number of aliphatic carboxylic acids is 1. The fourth-order valence-electron chi connectivity index (χ4n) is 1.23. The van der Waals surface area contributed by atoms with Crippen molar-refractivity contribution in [1.29, 1.82) is 0 Å². The Morgan fingerprint density at radius 1 is 1.50 bits per heavy atom. The van der Waals surface area contributed by atoms with Crippen molar-refractivity contribution in [3.63, 3.8) is 0 Å². The Bertz CT molecular complexity index is 178. The molecular formula is C10H21NO3. The van der Waals surface area contributed by atoms with Crippen molar-refractivity contribution in [1.82, 2.24) is 5.32 Å². The molecule has 0 aromatic heterocycles. The first kappa shape index (κ1) is 13.4. The number of hydrogen-bond donors (Lipinski definition) is 3. The van der Waals surface area contributed by atoms with Crippen LogP contribution >= 0.6 is 0 Å². The van der Waals surface area contributed by atoms with Crippen LogP contribution in [0.1, 0.15) is 40.0 Å². The number of nitrogens with one attached hydrogen (secondary N) is 1. The highest BCUT2D eigenvalue weighted by molar-refractivity contribution is 5.73. The van der Waals surface area contributed by atoms with E-state index in [0.29, 0.717) is 12.8 Å². The molecule has 0 saturated carbocycles. The lowest BCUT2D eigenvalue weighted by molar-refractivity contribution is -0.140. The van der Waals surface area contributed by atoms with Crippen molar-refractivity contribution in [3.8, 4) is 0 Å². The summed E-state index contributed by atoms with van der Waals surface area (Å²) in [7, 11) is 0. The first-order chi connectivity index (χ1) is 6.49. The van der Waals surface area contributed by atoms with E-state index in [2.05, 4.69) is 5.32 Å². The largest absolute Gasteiger partial charge is 0.480 e. The molecule has 0 heterocycles. The molecular weight excluding hydrogens is 182 g/mol. The second-order valence-electron chi connectivity index (χ2n) is 3.90. The summed E-state index contributed by atoms with van der Waals surface area (Å²) < 4.78 is 0. The van der Waals surface area contributed by atoms with Crippen LogP contribution in [0.5, 0.6) is 0 Å². The highest BCUT2D eigenvalue weighted by Crippen LogP contribution is 2.11. The fourth-order valence-corrected chi connectivity index (χ4v) is 1.23. The highest BCUT2D eigenvalue weighted by Gasteiger charge is 2.27. The average molecular weight is 203 g/mol. The normalized spacial score (nSPS) is 17.4. The summed E-state index contributed by atoms with van der Waals surface area (Å²) in [5, 5.41) is 21.0. The predicted octanol–water partition coefficient (Wildman–Crippen LogP) is 0.990. The number of carbonyl (C=O) groups is 1. The number of hydrogen-bond acceptors (Lipinski definition) is 3. The van der Waals surface area contributed by atoms with E-state index < -0.39 is 17.6 Å². The van der Waals surface area contributed by atoms with E-state index in [-0.39, 0.29) is 6.61 Å². The Balaban J connectivity index is 4.33. The Morgan fingerprint density at radius 3 is 2.36 bits per heavy atom. The molecule has 0 fully saturated rings. The molecule has 0 rings (SSSR count). The molecule has 84 valence electrons. The third-order valence-corrected chi connectivity index (χ3v) is 2.53. The molecule has 14 heavy (non-hydrogen) atoms. The van der Waals surface area contributed by atoms with Crippen LogP contribution in [0.25, 0.3) is 0 Å². The van der Waals surface area contributed by atoms with Crippen LogP contribution < -0.4 is 5.32 Å². The van der Waals surface area contributed by atoms with Gasteiger partial charge in [0.1, 0.15) is 6.04 Å². The number of aliphatic hydroxyl groups is 1. The van der Waals surface area contributed by atoms with Gasteiger partial charge in [0.05, 0.1) is 6.61 Å². The second-order valence-corrected chi connectivity index (χ2v) is 3.90. The lowest BCUT2D eigenvalue weighted by Crippen LogP contribution is -2.53. The van der Waals surface area contributed by atoms with Crippen molar-refractivity contribution in [2.24, 2.45) is 0 Å². The standard InChI is InChI=1S/C10H21NO3/c1-4-6-8(9(13)14)11-10(3,5-2)7-12/h8,11-12H,4-7H2,1-3H3,(H,13,14). The molecule has 0 aliphatic rings. The van der Waals surface area contributed by atoms with E-state index >= 15 is 0 Å². The first-order valence-corrected chi connectivity index (χ1v) is 5.10. The van der Waals surface area contributed by atoms with E-state index in [0.717, 1.165) is 6.42 Å². The average Bonchev–Trinajstić information content (AvgIpc) is 2.17. The van der Waals surface area contributed by atoms with E-state index in [1.165, 1.54) is 0 Å². The third-order valence-electron chi connectivity index (χ3n) is 2.53. The molecule has 0 radical (unpaired) electrons. The summed E-state index contributed by atoms with van der Waals surface area (Å²) in [4.78, 5) is 10.9. The maximum Gasteiger partial charge on any atom is 0.320 e. The van der Waals surface area contributed by atoms with Crippen LogP contribution in [0.15, 0.2) is 0 Å². The number of carboxylic acid groups (broad SMARTS) is 1. The number of rotatable bonds is 7. The molecule has 0 saturated heterocycles. The molecule has 4 heteroatoms. The Morgan fingerprint density at radius 2 is 2.07 bits per heavy atom. The van der Waals surface area contributed by atoms with Gasteiger partial charge in [-0.3, -0.25) is 10.1 Å². The van der Waals surface area contributed by atoms with Gasteiger partial charge in [-0.25, -0.2) is 0 Å². The Kier molecular flexibility index (Phi) is 5.72. The lowest BCUT2D eigenvalue weighted by atomic mass is 9.97. The van der Waals surface area contributed by atoms with Gasteiger partial charge in [-0.1, -0.05) is 20.3 Å². The van der Waals surface area contributed by atoms with E-state index in [1.54, 1.807) is 0 Å². The van der Waals surface area contributed by atoms with Crippen LogP contribution in [0.3, 0.4) is 0 Å². The van der Waals surface area contributed by atoms with Gasteiger partial charge < -0.3 is 10.2 Å². The predicted molar refractivity (Wildman–Crippen MR) is 55.2 cm³/mol. The van der Waals surface area contributed by atoms with E-state index in [9.17, 15) is 4.79 Å². The molecule has 0 spiro atoms. The maximum absolute atomic E-state index is 10.9.